The van der Waals surface area contributed by atoms with Crippen LogP contribution in [0.15, 0.2) is 23.2 Å². The van der Waals surface area contributed by atoms with E-state index < -0.39 is 0 Å². The zero-order valence-corrected chi connectivity index (χ0v) is 16.2. The van der Waals surface area contributed by atoms with Crippen LogP contribution >= 0.6 is 11.8 Å². The Morgan fingerprint density at radius 1 is 1.38 bits per heavy atom. The fourth-order valence-corrected chi connectivity index (χ4v) is 4.44. The molecule has 0 aromatic heterocycles. The Kier molecular flexibility index (Phi) is 7.17. The van der Waals surface area contributed by atoms with E-state index in [2.05, 4.69) is 38.7 Å². The molecule has 0 amide bonds. The van der Waals surface area contributed by atoms with Crippen LogP contribution in [-0.2, 0) is 6.42 Å². The van der Waals surface area contributed by atoms with Crippen LogP contribution in [0.1, 0.15) is 58.1 Å². The minimum absolute atomic E-state index is 0.591. The second-order valence-electron chi connectivity index (χ2n) is 6.51. The first kappa shape index (κ1) is 18.9. The summed E-state index contributed by atoms with van der Waals surface area (Å²) in [6, 6.07) is 8.67. The Labute approximate surface area is 151 Å². The molecule has 24 heavy (non-hydrogen) atoms. The lowest BCUT2D eigenvalue weighted by Crippen LogP contribution is -2.39. The maximum absolute atomic E-state index is 9.10. The summed E-state index contributed by atoms with van der Waals surface area (Å²) in [5.74, 6) is 1.82. The largest absolute Gasteiger partial charge is 0.347 e. The molecule has 1 saturated heterocycles. The number of nitriles is 1. The maximum atomic E-state index is 9.10. The van der Waals surface area contributed by atoms with Gasteiger partial charge in [-0.25, -0.2) is 4.99 Å². The third-order valence-electron chi connectivity index (χ3n) is 4.89. The molecular formula is C20H29N3S. The van der Waals surface area contributed by atoms with Crippen molar-refractivity contribution in [3.05, 3.63) is 29.3 Å². The van der Waals surface area contributed by atoms with Crippen molar-refractivity contribution in [3.8, 4) is 6.07 Å². The van der Waals surface area contributed by atoms with Gasteiger partial charge in [0.05, 0.1) is 17.3 Å². The molecule has 2 rings (SSSR count). The van der Waals surface area contributed by atoms with E-state index in [-0.39, 0.29) is 0 Å². The van der Waals surface area contributed by atoms with E-state index in [9.17, 15) is 0 Å². The number of rotatable bonds is 7. The Hall–Kier alpha value is -1.47. The molecule has 1 aromatic carbocycles. The normalized spacial score (nSPS) is 20.4. The van der Waals surface area contributed by atoms with Crippen LogP contribution in [0.4, 0.5) is 5.69 Å². The van der Waals surface area contributed by atoms with Crippen molar-refractivity contribution in [1.82, 2.24) is 4.90 Å². The van der Waals surface area contributed by atoms with E-state index in [1.165, 1.54) is 19.3 Å². The van der Waals surface area contributed by atoms with Crippen molar-refractivity contribution in [3.63, 3.8) is 0 Å². The molecule has 0 bridgehead atoms. The van der Waals surface area contributed by atoms with Gasteiger partial charge in [-0.15, -0.1) is 0 Å². The van der Waals surface area contributed by atoms with E-state index in [1.54, 1.807) is 0 Å². The lowest BCUT2D eigenvalue weighted by Gasteiger charge is -2.30. The molecule has 1 heterocycles. The van der Waals surface area contributed by atoms with Gasteiger partial charge in [-0.1, -0.05) is 52.3 Å². The molecule has 1 aliphatic heterocycles. The summed E-state index contributed by atoms with van der Waals surface area (Å²) in [5, 5.41) is 10.3. The Bertz CT molecular complexity index is 618. The molecule has 0 N–H and O–H groups in total. The summed E-state index contributed by atoms with van der Waals surface area (Å²) < 4.78 is 0. The number of thioether (sulfide) groups is 1. The highest BCUT2D eigenvalue weighted by molar-refractivity contribution is 8.14. The second kappa shape index (κ2) is 9.13. The quantitative estimate of drug-likeness (QED) is 0.668. The highest BCUT2D eigenvalue weighted by Gasteiger charge is 2.32. The van der Waals surface area contributed by atoms with E-state index >= 15 is 0 Å². The molecule has 0 spiro atoms. The third-order valence-corrected chi connectivity index (χ3v) is 5.98. The second-order valence-corrected chi connectivity index (χ2v) is 7.50. The predicted molar refractivity (Wildman–Crippen MR) is 105 cm³/mol. The van der Waals surface area contributed by atoms with Gasteiger partial charge in [-0.05, 0) is 42.5 Å². The highest BCUT2D eigenvalue weighted by atomic mass is 32.2. The molecule has 0 saturated carbocycles. The van der Waals surface area contributed by atoms with E-state index in [0.29, 0.717) is 12.0 Å². The first-order valence-electron chi connectivity index (χ1n) is 9.15. The fraction of sp³-hybridized carbons (Fsp3) is 0.600. The van der Waals surface area contributed by atoms with Crippen LogP contribution < -0.4 is 0 Å². The summed E-state index contributed by atoms with van der Waals surface area (Å²) >= 11 is 1.89. The molecule has 2 atom stereocenters. The topological polar surface area (TPSA) is 39.4 Å². The van der Waals surface area contributed by atoms with Gasteiger partial charge in [0.1, 0.15) is 0 Å². The Morgan fingerprint density at radius 3 is 2.79 bits per heavy atom. The van der Waals surface area contributed by atoms with Gasteiger partial charge in [0.25, 0.3) is 0 Å². The lowest BCUT2D eigenvalue weighted by molar-refractivity contribution is 0.263. The number of nitrogens with zero attached hydrogens (tertiary/aromatic N) is 3. The van der Waals surface area contributed by atoms with Crippen molar-refractivity contribution in [2.75, 3.05) is 12.3 Å². The summed E-state index contributed by atoms with van der Waals surface area (Å²) in [4.78, 5) is 7.53. The lowest BCUT2D eigenvalue weighted by atomic mass is 9.99. The molecule has 1 fully saturated rings. The average Bonchev–Trinajstić information content (AvgIpc) is 3.02. The van der Waals surface area contributed by atoms with Gasteiger partial charge in [0, 0.05) is 18.3 Å². The number of aryl methyl sites for hydroxylation is 1. The summed E-state index contributed by atoms with van der Waals surface area (Å²) in [6.45, 7) is 10.1. The van der Waals surface area contributed by atoms with Crippen LogP contribution in [0.2, 0.25) is 0 Å². The van der Waals surface area contributed by atoms with Gasteiger partial charge in [-0.3, -0.25) is 0 Å². The number of hydrogen-bond acceptors (Lipinski definition) is 3. The standard InChI is InChI=1S/C20H29N3S/c1-5-8-11-23-19(15(4)6-2)14-24-20(23)22-18-10-9-16(13-21)12-17(18)7-3/h9-10,12,15,19H,5-8,11,14H2,1-4H3/t15?,19-/m1/s1. The van der Waals surface area contributed by atoms with Crippen molar-refractivity contribution in [2.45, 2.75) is 59.4 Å². The van der Waals surface area contributed by atoms with E-state index in [0.717, 1.165) is 40.7 Å². The molecule has 1 aliphatic rings. The van der Waals surface area contributed by atoms with Crippen molar-refractivity contribution in [1.29, 1.82) is 5.26 Å². The minimum Gasteiger partial charge on any atom is -0.347 e. The first-order chi connectivity index (χ1) is 11.6. The molecule has 3 nitrogen and oxygen atoms in total. The smallest absolute Gasteiger partial charge is 0.164 e. The van der Waals surface area contributed by atoms with Gasteiger partial charge in [0.2, 0.25) is 0 Å². The zero-order chi connectivity index (χ0) is 17.5. The monoisotopic (exact) mass is 343 g/mol. The van der Waals surface area contributed by atoms with Gasteiger partial charge in [-0.2, -0.15) is 5.26 Å². The molecule has 0 aliphatic carbocycles. The van der Waals surface area contributed by atoms with Crippen LogP contribution in [0.5, 0.6) is 0 Å². The molecule has 1 aromatic rings. The van der Waals surface area contributed by atoms with E-state index in [4.69, 9.17) is 10.3 Å². The van der Waals surface area contributed by atoms with E-state index in [1.807, 2.05) is 30.0 Å². The van der Waals surface area contributed by atoms with Gasteiger partial charge in [0.15, 0.2) is 5.17 Å². The van der Waals surface area contributed by atoms with Crippen LogP contribution in [0, 0.1) is 17.2 Å². The molecule has 130 valence electrons. The average molecular weight is 344 g/mol. The Balaban J connectivity index is 2.31. The molecular weight excluding hydrogens is 314 g/mol. The van der Waals surface area contributed by atoms with Crippen molar-refractivity contribution >= 4 is 22.6 Å². The maximum Gasteiger partial charge on any atom is 0.164 e. The van der Waals surface area contributed by atoms with Crippen LogP contribution in [0.25, 0.3) is 0 Å². The zero-order valence-electron chi connectivity index (χ0n) is 15.4. The van der Waals surface area contributed by atoms with Gasteiger partial charge < -0.3 is 4.90 Å². The van der Waals surface area contributed by atoms with Crippen molar-refractivity contribution < 1.29 is 0 Å². The highest BCUT2D eigenvalue weighted by Crippen LogP contribution is 2.33. The minimum atomic E-state index is 0.591. The predicted octanol–water partition coefficient (Wildman–Crippen LogP) is 5.37. The number of hydrogen-bond donors (Lipinski definition) is 0. The fourth-order valence-electron chi connectivity index (χ4n) is 3.05. The number of amidine groups is 1. The summed E-state index contributed by atoms with van der Waals surface area (Å²) in [5.41, 5.74) is 2.89. The number of unbranched alkanes of at least 4 members (excludes halogenated alkanes) is 1. The molecule has 1 unspecified atom stereocenters. The molecule has 4 heteroatoms. The summed E-state index contributed by atoms with van der Waals surface area (Å²) in [6.07, 6.45) is 4.52. The summed E-state index contributed by atoms with van der Waals surface area (Å²) in [7, 11) is 0. The third kappa shape index (κ3) is 4.33. The van der Waals surface area contributed by atoms with Crippen LogP contribution in [-0.4, -0.2) is 28.4 Å². The SMILES string of the molecule is CCCCN1C(=Nc2ccc(C#N)cc2CC)SC[C@@H]1C(C)CC. The molecule has 0 radical (unpaired) electrons. The van der Waals surface area contributed by atoms with Crippen LogP contribution in [0.3, 0.4) is 0 Å². The first-order valence-corrected chi connectivity index (χ1v) is 10.1. The Morgan fingerprint density at radius 2 is 2.17 bits per heavy atom. The van der Waals surface area contributed by atoms with Crippen molar-refractivity contribution in [2.24, 2.45) is 10.9 Å². The number of benzene rings is 1. The number of aliphatic imine (C=N–C) groups is 1. The van der Waals surface area contributed by atoms with Gasteiger partial charge >= 0.3 is 0 Å².